The molecule has 1 aliphatic rings. The van der Waals surface area contributed by atoms with Gasteiger partial charge in [-0.1, -0.05) is 74.4 Å². The monoisotopic (exact) mass is 774 g/mol. The number of nitro benzene ring substituents is 1. The molecule has 4 rings (SSSR count). The Morgan fingerprint density at radius 1 is 0.846 bits per heavy atom. The lowest BCUT2D eigenvalue weighted by Crippen LogP contribution is -2.54. The maximum Gasteiger partial charge on any atom is 0.269 e. The Morgan fingerprint density at radius 3 is 1.90 bits per heavy atom. The molecule has 16 heteroatoms. The molecule has 0 unspecified atom stereocenters. The number of aromatic nitrogens is 4. The van der Waals surface area contributed by atoms with Crippen molar-refractivity contribution in [3.05, 3.63) is 46.3 Å². The van der Waals surface area contributed by atoms with Gasteiger partial charge in [-0.2, -0.15) is 9.97 Å². The van der Waals surface area contributed by atoms with Gasteiger partial charge in [-0.15, -0.1) is 0 Å². The smallest absolute Gasteiger partial charge is 0.269 e. The van der Waals surface area contributed by atoms with Crippen LogP contribution in [0.5, 0.6) is 5.88 Å². The van der Waals surface area contributed by atoms with Crippen molar-refractivity contribution in [1.29, 1.82) is 0 Å². The fraction of sp³-hybridized carbons (Fsp3) is 0.694. The van der Waals surface area contributed by atoms with Crippen LogP contribution in [0, 0.1) is 10.1 Å². The molecule has 2 aromatic heterocycles. The zero-order valence-corrected chi connectivity index (χ0v) is 37.0. The SMILES string of the molecule is CC(C)(C)[Si](C)(C)OC[C@H]1O[C@@H](n2cnc3c(OCCc4ccc([N+](=O)[O-])cc4)nc(N)nc32)[C@H](O[Si](C)(C)C(C)(C)C)[C@@H]1O[Si](C)(C)C(C)(C)C. The Hall–Kier alpha value is -2.74. The van der Waals surface area contributed by atoms with Crippen LogP contribution in [0.1, 0.15) is 74.1 Å². The molecule has 0 aliphatic carbocycles. The Kier molecular flexibility index (Phi) is 12.0. The molecule has 0 amide bonds. The Balaban J connectivity index is 1.76. The number of fused-ring (bicyclic) bond motifs is 1. The van der Waals surface area contributed by atoms with E-state index in [9.17, 15) is 10.1 Å². The minimum atomic E-state index is -2.39. The lowest BCUT2D eigenvalue weighted by atomic mass is 10.1. The molecule has 0 saturated carbocycles. The number of nitrogens with two attached hydrogens (primary N) is 1. The number of nitro groups is 1. The molecule has 4 atom stereocenters. The molecule has 1 fully saturated rings. The van der Waals surface area contributed by atoms with Gasteiger partial charge in [-0.25, -0.2) is 4.98 Å². The van der Waals surface area contributed by atoms with Crippen LogP contribution in [0.3, 0.4) is 0 Å². The van der Waals surface area contributed by atoms with Gasteiger partial charge in [0.05, 0.1) is 24.5 Å². The van der Waals surface area contributed by atoms with Crippen LogP contribution in [-0.4, -0.2) is 80.9 Å². The molecule has 2 N–H and O–H groups in total. The second kappa shape index (κ2) is 14.8. The van der Waals surface area contributed by atoms with Gasteiger partial charge in [0.2, 0.25) is 11.8 Å². The Morgan fingerprint density at radius 2 is 1.38 bits per heavy atom. The lowest BCUT2D eigenvalue weighted by molar-refractivity contribution is -0.384. The van der Waals surface area contributed by atoms with Crippen LogP contribution in [0.15, 0.2) is 30.6 Å². The van der Waals surface area contributed by atoms with Gasteiger partial charge in [0.25, 0.3) is 5.69 Å². The number of benzene rings is 1. The second-order valence-corrected chi connectivity index (χ2v) is 32.9. The topological polar surface area (TPSA) is 159 Å². The van der Waals surface area contributed by atoms with Crippen molar-refractivity contribution >= 4 is 47.8 Å². The second-order valence-electron chi connectivity index (χ2n) is 18.6. The number of non-ortho nitro benzene ring substituents is 1. The number of ether oxygens (including phenoxy) is 2. The predicted octanol–water partition coefficient (Wildman–Crippen LogP) is 8.64. The normalized spacial score (nSPS) is 20.8. The average Bonchev–Trinajstić information content (AvgIpc) is 3.55. The molecule has 1 aromatic carbocycles. The van der Waals surface area contributed by atoms with Crippen LogP contribution in [-0.2, 0) is 24.4 Å². The fourth-order valence-electron chi connectivity index (χ4n) is 5.12. The summed E-state index contributed by atoms with van der Waals surface area (Å²) in [4.78, 5) is 24.4. The first kappa shape index (κ1) is 42.0. The zero-order valence-electron chi connectivity index (χ0n) is 34.0. The maximum absolute atomic E-state index is 11.1. The molecule has 0 spiro atoms. The van der Waals surface area contributed by atoms with Crippen molar-refractivity contribution in [2.24, 2.45) is 0 Å². The molecule has 0 radical (unpaired) electrons. The quantitative estimate of drug-likeness (QED) is 0.101. The standard InChI is InChI=1S/C36H62N6O7Si3/c1-34(2,3)50(10,11)46-22-26-28(48-51(12,13)35(4,5)6)29(49-52(14,15)36(7,8)9)32(47-26)41-23-38-27-30(41)39-33(37)40-31(27)45-21-20-24-16-18-25(19-17-24)42(43)44/h16-19,23,26,28-29,32H,20-22H2,1-15H3,(H2,37,39,40)/t26-,28-,29-,32-/m1/s1. The van der Waals surface area contributed by atoms with Gasteiger partial charge in [0.15, 0.2) is 42.3 Å². The molecule has 290 valence electrons. The van der Waals surface area contributed by atoms with E-state index in [-0.39, 0.29) is 39.2 Å². The summed E-state index contributed by atoms with van der Waals surface area (Å²) in [5, 5.41) is 10.9. The van der Waals surface area contributed by atoms with E-state index in [1.54, 1.807) is 18.5 Å². The summed E-state index contributed by atoms with van der Waals surface area (Å²) >= 11 is 0. The number of anilines is 1. The molecule has 52 heavy (non-hydrogen) atoms. The summed E-state index contributed by atoms with van der Waals surface area (Å²) in [5.41, 5.74) is 8.12. The van der Waals surface area contributed by atoms with Crippen molar-refractivity contribution in [3.8, 4) is 5.88 Å². The highest BCUT2D eigenvalue weighted by atomic mass is 28.4. The summed E-state index contributed by atoms with van der Waals surface area (Å²) in [6.07, 6.45) is 0.207. The van der Waals surface area contributed by atoms with Crippen molar-refractivity contribution in [2.45, 2.75) is 148 Å². The number of imidazole rings is 1. The summed E-state index contributed by atoms with van der Waals surface area (Å²) in [5.74, 6) is 0.279. The molecule has 13 nitrogen and oxygen atoms in total. The largest absolute Gasteiger partial charge is 0.476 e. The first-order valence-corrected chi connectivity index (χ1v) is 26.9. The van der Waals surface area contributed by atoms with E-state index in [1.165, 1.54) is 12.1 Å². The third-order valence-electron chi connectivity index (χ3n) is 11.6. The first-order valence-electron chi connectivity index (χ1n) is 18.2. The van der Waals surface area contributed by atoms with Crippen LogP contribution in [0.25, 0.3) is 11.2 Å². The van der Waals surface area contributed by atoms with Crippen LogP contribution in [0.4, 0.5) is 11.6 Å². The van der Waals surface area contributed by atoms with Crippen molar-refractivity contribution in [1.82, 2.24) is 19.5 Å². The average molecular weight is 775 g/mol. The van der Waals surface area contributed by atoms with Crippen LogP contribution >= 0.6 is 0 Å². The molecule has 1 aliphatic heterocycles. The zero-order chi connectivity index (χ0) is 39.2. The van der Waals surface area contributed by atoms with Gasteiger partial charge >= 0.3 is 0 Å². The van der Waals surface area contributed by atoms with Gasteiger partial charge in [0.1, 0.15) is 18.3 Å². The number of nitrogen functional groups attached to an aromatic ring is 1. The third kappa shape index (κ3) is 9.13. The van der Waals surface area contributed by atoms with Crippen molar-refractivity contribution in [2.75, 3.05) is 18.9 Å². The van der Waals surface area contributed by atoms with Crippen LogP contribution in [0.2, 0.25) is 54.4 Å². The lowest BCUT2D eigenvalue weighted by Gasteiger charge is -2.44. The van der Waals surface area contributed by atoms with E-state index in [2.05, 4.69) is 112 Å². The highest BCUT2D eigenvalue weighted by Crippen LogP contribution is 2.47. The number of rotatable bonds is 13. The van der Waals surface area contributed by atoms with Gasteiger partial charge < -0.3 is 28.5 Å². The van der Waals surface area contributed by atoms with E-state index in [4.69, 9.17) is 33.5 Å². The highest BCUT2D eigenvalue weighted by molar-refractivity contribution is 6.75. The van der Waals surface area contributed by atoms with Crippen molar-refractivity contribution in [3.63, 3.8) is 0 Å². The minimum Gasteiger partial charge on any atom is -0.476 e. The summed E-state index contributed by atoms with van der Waals surface area (Å²) < 4.78 is 36.5. The van der Waals surface area contributed by atoms with E-state index in [0.29, 0.717) is 24.2 Å². The fourth-order valence-corrected chi connectivity index (χ4v) is 8.74. The highest BCUT2D eigenvalue weighted by Gasteiger charge is 2.55. The first-order chi connectivity index (χ1) is 23.6. The molecule has 0 bridgehead atoms. The summed E-state index contributed by atoms with van der Waals surface area (Å²) in [6.45, 7) is 34.2. The Bertz CT molecular complexity index is 1710. The van der Waals surface area contributed by atoms with Gasteiger partial charge in [-0.3, -0.25) is 14.7 Å². The van der Waals surface area contributed by atoms with Crippen molar-refractivity contribution < 1.29 is 27.7 Å². The molecule has 3 heterocycles. The number of hydrogen-bond donors (Lipinski definition) is 1. The summed E-state index contributed by atoms with van der Waals surface area (Å²) in [6, 6.07) is 6.39. The molecule has 3 aromatic rings. The van der Waals surface area contributed by atoms with E-state index in [1.807, 2.05) is 4.57 Å². The molecule has 1 saturated heterocycles. The third-order valence-corrected chi connectivity index (χ3v) is 25.1. The van der Waals surface area contributed by atoms with E-state index in [0.717, 1.165) is 5.56 Å². The van der Waals surface area contributed by atoms with E-state index < -0.39 is 54.4 Å². The summed E-state index contributed by atoms with van der Waals surface area (Å²) in [7, 11) is -6.87. The number of nitrogens with zero attached hydrogens (tertiary/aromatic N) is 5. The van der Waals surface area contributed by atoms with Gasteiger partial charge in [0, 0.05) is 18.6 Å². The predicted molar refractivity (Wildman–Crippen MR) is 213 cm³/mol. The van der Waals surface area contributed by atoms with Crippen LogP contribution < -0.4 is 10.5 Å². The van der Waals surface area contributed by atoms with Gasteiger partial charge in [-0.05, 0) is 60.0 Å². The number of hydrogen-bond acceptors (Lipinski definition) is 11. The molecular weight excluding hydrogens is 713 g/mol. The molecular formula is C36H62N6O7Si3. The Labute approximate surface area is 312 Å². The maximum atomic E-state index is 11.1. The van der Waals surface area contributed by atoms with E-state index >= 15 is 0 Å². The minimum absolute atomic E-state index is 0.0156.